The van der Waals surface area contributed by atoms with Crippen LogP contribution in [-0.4, -0.2) is 19.7 Å². The molecule has 86 valence electrons. The van der Waals surface area contributed by atoms with Crippen molar-refractivity contribution in [2.24, 2.45) is 0 Å². The largest absolute Gasteiger partial charge is 0.479 e. The number of benzene rings is 1. The monoisotopic (exact) mass is 304 g/mol. The molecule has 0 saturated carbocycles. The number of halogens is 1. The summed E-state index contributed by atoms with van der Waals surface area (Å²) >= 11 is 2.86. The summed E-state index contributed by atoms with van der Waals surface area (Å²) in [7, 11) is -3.36. The molecule has 0 atom stereocenters. The summed E-state index contributed by atoms with van der Waals surface area (Å²) in [6, 6.07) is 8.21. The zero-order valence-corrected chi connectivity index (χ0v) is 10.6. The molecule has 7 heteroatoms. The zero-order chi connectivity index (χ0) is 12.0. The molecule has 0 bridgehead atoms. The van der Waals surface area contributed by atoms with E-state index in [9.17, 15) is 8.42 Å². The third kappa shape index (κ3) is 4.08. The van der Waals surface area contributed by atoms with Crippen molar-refractivity contribution in [2.75, 3.05) is 16.0 Å². The van der Waals surface area contributed by atoms with E-state index in [1.54, 1.807) is 18.2 Å². The van der Waals surface area contributed by atoms with Crippen molar-refractivity contribution in [1.29, 1.82) is 5.26 Å². The average Bonchev–Trinajstić information content (AvgIpc) is 2.26. The van der Waals surface area contributed by atoms with E-state index in [-0.39, 0.29) is 11.3 Å². The van der Waals surface area contributed by atoms with Gasteiger partial charge in [0, 0.05) is 6.07 Å². The Bertz CT molecular complexity index is 496. The number of hydrogen-bond donors (Lipinski definition) is 1. The van der Waals surface area contributed by atoms with Crippen molar-refractivity contribution in [3.63, 3.8) is 0 Å². The van der Waals surface area contributed by atoms with Crippen molar-refractivity contribution < 1.29 is 13.2 Å². The molecule has 0 aliphatic heterocycles. The van der Waals surface area contributed by atoms with Gasteiger partial charge in [0.1, 0.15) is 16.5 Å². The summed E-state index contributed by atoms with van der Waals surface area (Å²) in [4.78, 5) is 0. The van der Waals surface area contributed by atoms with Gasteiger partial charge in [0.2, 0.25) is 10.0 Å². The normalized spacial score (nSPS) is 10.5. The molecule has 0 spiro atoms. The third-order valence-electron chi connectivity index (χ3n) is 1.55. The first-order valence-electron chi connectivity index (χ1n) is 4.23. The zero-order valence-electron chi connectivity index (χ0n) is 8.18. The van der Waals surface area contributed by atoms with Crippen LogP contribution in [0.5, 0.6) is 5.75 Å². The first-order chi connectivity index (χ1) is 7.57. The van der Waals surface area contributed by atoms with Gasteiger partial charge in [-0.25, -0.2) is 8.42 Å². The Morgan fingerprint density at radius 1 is 1.50 bits per heavy atom. The van der Waals surface area contributed by atoms with E-state index in [2.05, 4.69) is 20.7 Å². The average molecular weight is 305 g/mol. The van der Waals surface area contributed by atoms with Crippen molar-refractivity contribution in [3.05, 3.63) is 24.3 Å². The maximum atomic E-state index is 11.2. The lowest BCUT2D eigenvalue weighted by atomic mass is 10.3. The molecule has 0 heterocycles. The van der Waals surface area contributed by atoms with Crippen LogP contribution in [0.25, 0.3) is 0 Å². The Labute approximate surface area is 102 Å². The smallest absolute Gasteiger partial charge is 0.242 e. The van der Waals surface area contributed by atoms with Crippen LogP contribution in [0.4, 0.5) is 5.69 Å². The molecule has 1 aromatic carbocycles. The molecule has 1 N–H and O–H groups in total. The van der Waals surface area contributed by atoms with Gasteiger partial charge in [-0.1, -0.05) is 22.0 Å². The van der Waals surface area contributed by atoms with E-state index in [4.69, 9.17) is 10.00 Å². The van der Waals surface area contributed by atoms with Gasteiger partial charge in [0.05, 0.1) is 5.69 Å². The lowest BCUT2D eigenvalue weighted by molar-refractivity contribution is 0.368. The Hall–Kier alpha value is -1.26. The summed E-state index contributed by atoms with van der Waals surface area (Å²) in [5.41, 5.74) is 0.398. The molecule has 0 radical (unpaired) electrons. The highest BCUT2D eigenvalue weighted by Crippen LogP contribution is 2.18. The molecule has 0 aromatic heterocycles. The SMILES string of the molecule is N#CCOc1cccc(NS(=O)(=O)CBr)c1. The number of nitrogens with zero attached hydrogens (tertiary/aromatic N) is 1. The Morgan fingerprint density at radius 3 is 2.88 bits per heavy atom. The molecule has 0 unspecified atom stereocenters. The summed E-state index contributed by atoms with van der Waals surface area (Å²) < 4.78 is 29.7. The van der Waals surface area contributed by atoms with Crippen LogP contribution in [0.3, 0.4) is 0 Å². The molecule has 1 aromatic rings. The maximum Gasteiger partial charge on any atom is 0.242 e. The highest BCUT2D eigenvalue weighted by molar-refractivity contribution is 9.10. The van der Waals surface area contributed by atoms with E-state index >= 15 is 0 Å². The van der Waals surface area contributed by atoms with Crippen molar-refractivity contribution in [1.82, 2.24) is 0 Å². The number of hydrogen-bond acceptors (Lipinski definition) is 4. The van der Waals surface area contributed by atoms with Crippen LogP contribution in [0.1, 0.15) is 0 Å². The molecule has 5 nitrogen and oxygen atoms in total. The van der Waals surface area contributed by atoms with Crippen LogP contribution in [0.2, 0.25) is 0 Å². The topological polar surface area (TPSA) is 79.2 Å². The molecule has 0 saturated heterocycles. The number of nitriles is 1. The molecular weight excluding hydrogens is 296 g/mol. The summed E-state index contributed by atoms with van der Waals surface area (Å²) in [6.45, 7) is -0.0748. The second kappa shape index (κ2) is 5.72. The lowest BCUT2D eigenvalue weighted by Gasteiger charge is -2.07. The van der Waals surface area contributed by atoms with E-state index in [0.29, 0.717) is 11.4 Å². The van der Waals surface area contributed by atoms with Gasteiger partial charge in [-0.2, -0.15) is 5.26 Å². The quantitative estimate of drug-likeness (QED) is 0.839. The minimum atomic E-state index is -3.36. The van der Waals surface area contributed by atoms with Crippen molar-refractivity contribution >= 4 is 31.6 Å². The van der Waals surface area contributed by atoms with Gasteiger partial charge in [-0.05, 0) is 12.1 Å². The third-order valence-corrected chi connectivity index (χ3v) is 4.20. The van der Waals surface area contributed by atoms with Gasteiger partial charge in [0.25, 0.3) is 0 Å². The maximum absolute atomic E-state index is 11.2. The van der Waals surface area contributed by atoms with E-state index in [1.807, 2.05) is 6.07 Å². The number of ether oxygens (including phenoxy) is 1. The van der Waals surface area contributed by atoms with Gasteiger partial charge in [0.15, 0.2) is 6.61 Å². The first-order valence-corrected chi connectivity index (χ1v) is 7.01. The second-order valence-electron chi connectivity index (χ2n) is 2.80. The van der Waals surface area contributed by atoms with Crippen LogP contribution < -0.4 is 9.46 Å². The molecule has 0 aliphatic rings. The number of anilines is 1. The fourth-order valence-electron chi connectivity index (χ4n) is 0.972. The minimum Gasteiger partial charge on any atom is -0.479 e. The highest BCUT2D eigenvalue weighted by Gasteiger charge is 2.07. The van der Waals surface area contributed by atoms with Crippen LogP contribution >= 0.6 is 15.9 Å². The Morgan fingerprint density at radius 2 is 2.25 bits per heavy atom. The van der Waals surface area contributed by atoms with Crippen molar-refractivity contribution in [2.45, 2.75) is 0 Å². The van der Waals surface area contributed by atoms with Crippen molar-refractivity contribution in [3.8, 4) is 11.8 Å². The molecule has 0 aliphatic carbocycles. The van der Waals surface area contributed by atoms with Crippen LogP contribution in [-0.2, 0) is 10.0 Å². The standard InChI is InChI=1S/C9H9BrN2O3S/c10-7-16(13,14)12-8-2-1-3-9(6-8)15-5-4-11/h1-3,6,12H,5,7H2. The van der Waals surface area contributed by atoms with E-state index < -0.39 is 10.0 Å². The molecule has 16 heavy (non-hydrogen) atoms. The fourth-order valence-corrected chi connectivity index (χ4v) is 1.86. The summed E-state index contributed by atoms with van der Waals surface area (Å²) in [5.74, 6) is 0.441. The van der Waals surface area contributed by atoms with Gasteiger partial charge < -0.3 is 4.74 Å². The predicted octanol–water partition coefficient (Wildman–Crippen LogP) is 1.68. The predicted molar refractivity (Wildman–Crippen MR) is 63.9 cm³/mol. The molecular formula is C9H9BrN2O3S. The second-order valence-corrected chi connectivity index (χ2v) is 5.83. The number of nitrogens with one attached hydrogen (secondary N) is 1. The van der Waals surface area contributed by atoms with Gasteiger partial charge >= 0.3 is 0 Å². The number of rotatable bonds is 5. The summed E-state index contributed by atoms with van der Waals surface area (Å²) in [5, 5.41) is 8.33. The van der Waals surface area contributed by atoms with E-state index in [0.717, 1.165) is 0 Å². The fraction of sp³-hybridized carbons (Fsp3) is 0.222. The number of alkyl halides is 1. The van der Waals surface area contributed by atoms with Crippen LogP contribution in [0.15, 0.2) is 24.3 Å². The minimum absolute atomic E-state index is 0.0748. The van der Waals surface area contributed by atoms with Gasteiger partial charge in [-0.3, -0.25) is 4.72 Å². The highest BCUT2D eigenvalue weighted by atomic mass is 79.9. The Balaban J connectivity index is 2.79. The molecule has 1 rings (SSSR count). The van der Waals surface area contributed by atoms with Crippen LogP contribution in [0, 0.1) is 11.3 Å². The number of sulfonamides is 1. The molecule has 0 amide bonds. The lowest BCUT2D eigenvalue weighted by Crippen LogP contribution is -2.13. The molecule has 0 fully saturated rings. The first kappa shape index (κ1) is 12.8. The Kier molecular flexibility index (Phi) is 4.58. The van der Waals surface area contributed by atoms with E-state index in [1.165, 1.54) is 6.07 Å². The van der Waals surface area contributed by atoms with Gasteiger partial charge in [-0.15, -0.1) is 0 Å². The summed E-state index contributed by atoms with van der Waals surface area (Å²) in [6.07, 6.45) is 0.